The second kappa shape index (κ2) is 14.4. The maximum Gasteiger partial charge on any atom is 2.00 e. The first kappa shape index (κ1) is 41.3. The molecule has 21 heteroatoms. The first-order chi connectivity index (χ1) is 32.5. The third kappa shape index (κ3) is 5.41. The van der Waals surface area contributed by atoms with Crippen LogP contribution in [0, 0.1) is 0 Å². The summed E-state index contributed by atoms with van der Waals surface area (Å²) >= 11 is 0. The van der Waals surface area contributed by atoms with Crippen molar-refractivity contribution in [3.8, 4) is 45.6 Å². The Kier molecular flexibility index (Phi) is 8.75. The molecule has 0 atom stereocenters. The molecule has 0 aliphatic carbocycles. The van der Waals surface area contributed by atoms with Crippen LogP contribution in [0.3, 0.4) is 0 Å². The van der Waals surface area contributed by atoms with Gasteiger partial charge in [-0.15, -0.1) is 0 Å². The number of nitrogens with zero attached hydrogens (tertiary/aromatic N) is 14. The molecule has 2 aliphatic rings. The molecule has 20 nitrogen and oxygen atoms in total. The molecule has 0 saturated carbocycles. The average Bonchev–Trinajstić information content (AvgIpc) is 4.19. The van der Waals surface area contributed by atoms with E-state index in [0.717, 1.165) is 22.1 Å². The molecule has 2 aliphatic heterocycles. The molecule has 7 aromatic heterocycles. The van der Waals surface area contributed by atoms with Gasteiger partial charge < -0.3 is 39.9 Å². The quantitative estimate of drug-likeness (QED) is 0.224. The molecule has 0 spiro atoms. The first-order valence-electron chi connectivity index (χ1n) is 22.3. The zero-order chi connectivity index (χ0) is 45.9. The molecule has 0 saturated heterocycles. The average molecular weight is 950 g/mol. The third-order valence-electron chi connectivity index (χ3n) is 13.5. The van der Waals surface area contributed by atoms with Crippen LogP contribution < -0.4 is 32.7 Å². The molecule has 339 valence electrons. The SMILES string of the molecule is CCn1c(=O)[nH]c2cc3c(cc21)-c1nc-3nc2[n-]c(nc3nc(nc4[n-]c(n1)c1cc5c(cc41)n(CC)c(=O)n5CC)-c1cc4[nH]c(=O)n(C)c4cc1-3)c1cc3c(cc21)n(CC)c(=O)n3CC.[Co+2]. The van der Waals surface area contributed by atoms with E-state index >= 15 is 0 Å². The number of fused-ring (bicyclic) bond motifs is 24. The van der Waals surface area contributed by atoms with E-state index in [4.69, 9.17) is 39.9 Å². The van der Waals surface area contributed by atoms with Gasteiger partial charge in [0.15, 0.2) is 0 Å². The van der Waals surface area contributed by atoms with Crippen LogP contribution in [0.5, 0.6) is 0 Å². The van der Waals surface area contributed by atoms with E-state index in [-0.39, 0.29) is 57.0 Å². The summed E-state index contributed by atoms with van der Waals surface area (Å²) in [5.74, 6) is 1.15. The van der Waals surface area contributed by atoms with Crippen molar-refractivity contribution in [2.75, 3.05) is 0 Å². The van der Waals surface area contributed by atoms with Crippen LogP contribution in [0.2, 0.25) is 0 Å². The summed E-state index contributed by atoms with van der Waals surface area (Å²) in [6, 6.07) is 15.1. The standard InChI is InChI=1S/C47H40N16O4.Co/c1-7-59-31-15-23-21(13-29(31)49-45(59)65)37-51-39(23)55-43-27-19-35-33(61(9-3)47(67)63(35)11-5)17-25(27)40(57-43)52-36-20-12-28-30(58(6)44(64)48-28)14-22(20)38(50-36)54-42-26-18-34-32(16-24(26)41(53-37)56-42)60(8-2)46(66)62(34)10-4;/h12-19H,7-11H2,1-6H3,(H4,48,49,50,51,52,53,54,55,56,57,64,65);/q;+2/p-2. The number of hydrogen-bond donors (Lipinski definition) is 2. The van der Waals surface area contributed by atoms with Gasteiger partial charge in [0.05, 0.1) is 67.4 Å². The number of nitrogens with one attached hydrogen (secondary N) is 2. The Morgan fingerprint density at radius 1 is 0.412 bits per heavy atom. The number of H-pyrrole nitrogens is 2. The Balaban J connectivity index is 0.00000480. The van der Waals surface area contributed by atoms with Gasteiger partial charge in [0.1, 0.15) is 0 Å². The number of rotatable bonds is 5. The van der Waals surface area contributed by atoms with Crippen LogP contribution in [-0.2, 0) is 56.6 Å². The van der Waals surface area contributed by atoms with Gasteiger partial charge >= 0.3 is 39.5 Å². The van der Waals surface area contributed by atoms with Crippen molar-refractivity contribution < 1.29 is 16.8 Å². The van der Waals surface area contributed by atoms with Gasteiger partial charge in [0.2, 0.25) is 0 Å². The van der Waals surface area contributed by atoms with Gasteiger partial charge in [-0.1, -0.05) is 0 Å². The van der Waals surface area contributed by atoms with Crippen molar-refractivity contribution in [2.45, 2.75) is 67.3 Å². The van der Waals surface area contributed by atoms with Gasteiger partial charge in [-0.3, -0.25) is 27.4 Å². The Labute approximate surface area is 391 Å². The van der Waals surface area contributed by atoms with Crippen LogP contribution in [-0.4, -0.2) is 67.3 Å². The molecule has 13 rings (SSSR count). The second-order valence-corrected chi connectivity index (χ2v) is 16.8. The molecule has 4 aromatic carbocycles. The smallest absolute Gasteiger partial charge is 0.357 e. The number of imidazole rings is 4. The molecular weight excluding hydrogens is 912 g/mol. The van der Waals surface area contributed by atoms with Crippen LogP contribution in [0.1, 0.15) is 34.6 Å². The van der Waals surface area contributed by atoms with E-state index in [2.05, 4.69) is 9.97 Å². The van der Waals surface area contributed by atoms with Crippen LogP contribution in [0.25, 0.3) is 134 Å². The van der Waals surface area contributed by atoms with Crippen molar-refractivity contribution in [3.63, 3.8) is 0 Å². The zero-order valence-corrected chi connectivity index (χ0v) is 38.4. The fraction of sp³-hybridized carbons (Fsp3) is 0.234. The molecule has 9 heterocycles. The van der Waals surface area contributed by atoms with Crippen molar-refractivity contribution in [1.29, 1.82) is 0 Å². The van der Waals surface area contributed by atoms with Crippen LogP contribution in [0.15, 0.2) is 67.7 Å². The van der Waals surface area contributed by atoms with Gasteiger partial charge in [0.25, 0.3) is 0 Å². The minimum Gasteiger partial charge on any atom is -0.357 e. The first-order valence-corrected chi connectivity index (χ1v) is 22.3. The van der Waals surface area contributed by atoms with Gasteiger partial charge in [0, 0.05) is 84.6 Å². The largest absolute Gasteiger partial charge is 2.00 e. The molecule has 2 N–H and O–H groups in total. The predicted octanol–water partition coefficient (Wildman–Crippen LogP) is 5.28. The third-order valence-corrected chi connectivity index (χ3v) is 13.5. The number of aromatic nitrogens is 16. The van der Waals surface area contributed by atoms with Crippen molar-refractivity contribution in [3.05, 3.63) is 90.5 Å². The summed E-state index contributed by atoms with van der Waals surface area (Å²) in [7, 11) is 1.69. The maximum absolute atomic E-state index is 13.7. The van der Waals surface area contributed by atoms with E-state index in [1.807, 2.05) is 83.1 Å². The monoisotopic (exact) mass is 949 g/mol. The summed E-state index contributed by atoms with van der Waals surface area (Å²) in [4.78, 5) is 101. The molecule has 0 unspecified atom stereocenters. The zero-order valence-electron chi connectivity index (χ0n) is 37.4. The minimum atomic E-state index is -0.284. The minimum absolute atomic E-state index is 0. The Morgan fingerprint density at radius 2 is 0.735 bits per heavy atom. The van der Waals surface area contributed by atoms with E-state index in [1.54, 1.807) is 29.9 Å². The Morgan fingerprint density at radius 3 is 1.10 bits per heavy atom. The number of hydrogen-bond acceptors (Lipinski definition) is 10. The summed E-state index contributed by atoms with van der Waals surface area (Å²) in [5.41, 5.74) is 8.18. The summed E-state index contributed by atoms with van der Waals surface area (Å²) in [6.45, 7) is 11.8. The normalized spacial score (nSPS) is 12.4. The Hall–Kier alpha value is -8.17. The second-order valence-electron chi connectivity index (χ2n) is 16.8. The maximum atomic E-state index is 13.7. The molecule has 0 fully saturated rings. The molecule has 1 radical (unpaired) electrons. The van der Waals surface area contributed by atoms with E-state index in [1.165, 1.54) is 4.57 Å². The van der Waals surface area contributed by atoms with E-state index in [9.17, 15) is 19.2 Å². The summed E-state index contributed by atoms with van der Waals surface area (Å²) < 4.78 is 10.1. The predicted molar refractivity (Wildman–Crippen MR) is 255 cm³/mol. The summed E-state index contributed by atoms with van der Waals surface area (Å²) in [6.07, 6.45) is 0. The van der Waals surface area contributed by atoms with Crippen molar-refractivity contribution >= 4 is 88.3 Å². The Bertz CT molecular complexity index is 4490. The molecule has 11 aromatic rings. The van der Waals surface area contributed by atoms with Gasteiger partial charge in [-0.25, -0.2) is 29.1 Å². The topological polar surface area (TPSA) is 235 Å². The fourth-order valence-corrected chi connectivity index (χ4v) is 10.2. The van der Waals surface area contributed by atoms with Crippen LogP contribution >= 0.6 is 0 Å². The number of aryl methyl sites for hydroxylation is 6. The van der Waals surface area contributed by atoms with Gasteiger partial charge in [-0.2, -0.15) is 0 Å². The van der Waals surface area contributed by atoms with E-state index in [0.29, 0.717) is 127 Å². The summed E-state index contributed by atoms with van der Waals surface area (Å²) in [5, 5.41) is 2.51. The number of benzene rings is 4. The van der Waals surface area contributed by atoms with Crippen LogP contribution in [0.4, 0.5) is 0 Å². The molecule has 8 bridgehead atoms. The van der Waals surface area contributed by atoms with Gasteiger partial charge in [-0.05, 0) is 105 Å². The van der Waals surface area contributed by atoms with E-state index < -0.39 is 0 Å². The number of aromatic amines is 2. The fourth-order valence-electron chi connectivity index (χ4n) is 10.2. The van der Waals surface area contributed by atoms with Crippen molar-refractivity contribution in [1.82, 2.24) is 77.2 Å². The molecule has 0 amide bonds. The molecular formula is C47H38CoN16O4. The van der Waals surface area contributed by atoms with Crippen molar-refractivity contribution in [2.24, 2.45) is 7.05 Å². The molecule has 68 heavy (non-hydrogen) atoms.